The van der Waals surface area contributed by atoms with E-state index < -0.39 is 0 Å². The van der Waals surface area contributed by atoms with Crippen LogP contribution in [-0.4, -0.2) is 18.1 Å². The Bertz CT molecular complexity index is 272. The second kappa shape index (κ2) is 4.60. The van der Waals surface area contributed by atoms with Crippen LogP contribution in [0.2, 0.25) is 0 Å². The summed E-state index contributed by atoms with van der Waals surface area (Å²) in [5.41, 5.74) is 1.06. The van der Waals surface area contributed by atoms with Crippen molar-refractivity contribution in [3.63, 3.8) is 0 Å². The topological polar surface area (TPSA) is 39.2 Å². The highest BCUT2D eigenvalue weighted by molar-refractivity contribution is 5.72. The van der Waals surface area contributed by atoms with Gasteiger partial charge < -0.3 is 4.74 Å². The van der Waals surface area contributed by atoms with Gasteiger partial charge in [-0.2, -0.15) is 0 Å². The monoisotopic (exact) mass is 179 g/mol. The van der Waals surface area contributed by atoms with Crippen molar-refractivity contribution in [2.75, 3.05) is 7.11 Å². The van der Waals surface area contributed by atoms with Gasteiger partial charge in [-0.1, -0.05) is 13.0 Å². The molecule has 3 nitrogen and oxygen atoms in total. The second-order valence-corrected chi connectivity index (χ2v) is 2.99. The van der Waals surface area contributed by atoms with Crippen molar-refractivity contribution in [2.45, 2.75) is 13.3 Å². The molecular weight excluding hydrogens is 166 g/mol. The minimum absolute atomic E-state index is 0.103. The summed E-state index contributed by atoms with van der Waals surface area (Å²) in [4.78, 5) is 15.0. The largest absolute Gasteiger partial charge is 0.469 e. The maximum Gasteiger partial charge on any atom is 0.308 e. The number of nitrogens with zero attached hydrogens (tertiary/aromatic N) is 1. The van der Waals surface area contributed by atoms with Crippen molar-refractivity contribution in [1.82, 2.24) is 4.98 Å². The Hall–Kier alpha value is -1.38. The fraction of sp³-hybridized carbons (Fsp3) is 0.400. The van der Waals surface area contributed by atoms with Crippen molar-refractivity contribution in [2.24, 2.45) is 5.92 Å². The smallest absolute Gasteiger partial charge is 0.308 e. The molecule has 0 fully saturated rings. The standard InChI is InChI=1S/C10H13NO2/c1-8(10(12)13-2)6-9-4-3-5-11-7-9/h3-5,7-8H,6H2,1-2H3/t8-/m0/s1. The Morgan fingerprint density at radius 3 is 3.00 bits per heavy atom. The van der Waals surface area contributed by atoms with E-state index in [0.29, 0.717) is 6.42 Å². The van der Waals surface area contributed by atoms with Gasteiger partial charge in [0.25, 0.3) is 0 Å². The van der Waals surface area contributed by atoms with Gasteiger partial charge in [0.2, 0.25) is 0 Å². The average molecular weight is 179 g/mol. The van der Waals surface area contributed by atoms with Crippen LogP contribution in [0.3, 0.4) is 0 Å². The van der Waals surface area contributed by atoms with Gasteiger partial charge in [0.15, 0.2) is 0 Å². The number of rotatable bonds is 3. The predicted octanol–water partition coefficient (Wildman–Crippen LogP) is 1.43. The Morgan fingerprint density at radius 2 is 2.46 bits per heavy atom. The second-order valence-electron chi connectivity index (χ2n) is 2.99. The molecule has 1 aromatic heterocycles. The molecule has 0 radical (unpaired) electrons. The molecule has 0 aliphatic rings. The summed E-state index contributed by atoms with van der Waals surface area (Å²) in [6, 6.07) is 3.81. The normalized spacial score (nSPS) is 12.2. The number of aromatic nitrogens is 1. The third-order valence-corrected chi connectivity index (χ3v) is 1.87. The van der Waals surface area contributed by atoms with Crippen molar-refractivity contribution in [1.29, 1.82) is 0 Å². The molecular formula is C10H13NO2. The van der Waals surface area contributed by atoms with E-state index in [1.165, 1.54) is 7.11 Å². The third kappa shape index (κ3) is 2.86. The van der Waals surface area contributed by atoms with Crippen molar-refractivity contribution >= 4 is 5.97 Å². The fourth-order valence-electron chi connectivity index (χ4n) is 1.16. The molecule has 0 spiro atoms. The van der Waals surface area contributed by atoms with Crippen molar-refractivity contribution in [3.8, 4) is 0 Å². The molecule has 70 valence electrons. The molecule has 0 aromatic carbocycles. The molecule has 0 unspecified atom stereocenters. The summed E-state index contributed by atoms with van der Waals surface area (Å²) in [5, 5.41) is 0. The Morgan fingerprint density at radius 1 is 1.69 bits per heavy atom. The number of methoxy groups -OCH3 is 1. The van der Waals surface area contributed by atoms with Gasteiger partial charge in [-0.3, -0.25) is 9.78 Å². The van der Waals surface area contributed by atoms with E-state index in [4.69, 9.17) is 0 Å². The zero-order valence-electron chi connectivity index (χ0n) is 7.86. The highest BCUT2D eigenvalue weighted by atomic mass is 16.5. The van der Waals surface area contributed by atoms with E-state index in [9.17, 15) is 4.79 Å². The lowest BCUT2D eigenvalue weighted by Gasteiger charge is -2.07. The van der Waals surface area contributed by atoms with Crippen LogP contribution in [0.5, 0.6) is 0 Å². The average Bonchev–Trinajstić information content (AvgIpc) is 2.18. The van der Waals surface area contributed by atoms with Gasteiger partial charge >= 0.3 is 5.97 Å². The summed E-state index contributed by atoms with van der Waals surface area (Å²) in [5.74, 6) is -0.280. The SMILES string of the molecule is COC(=O)[C@@H](C)Cc1cccnc1. The molecule has 1 aromatic rings. The first kappa shape index (κ1) is 9.71. The third-order valence-electron chi connectivity index (χ3n) is 1.87. The lowest BCUT2D eigenvalue weighted by Crippen LogP contribution is -2.15. The quantitative estimate of drug-likeness (QED) is 0.659. The van der Waals surface area contributed by atoms with Crippen molar-refractivity contribution < 1.29 is 9.53 Å². The van der Waals surface area contributed by atoms with Gasteiger partial charge in [0.1, 0.15) is 0 Å². The molecule has 13 heavy (non-hydrogen) atoms. The Kier molecular flexibility index (Phi) is 3.43. The summed E-state index contributed by atoms with van der Waals surface area (Å²) < 4.78 is 4.62. The van der Waals surface area contributed by atoms with Gasteiger partial charge in [0, 0.05) is 12.4 Å². The Balaban J connectivity index is 2.55. The lowest BCUT2D eigenvalue weighted by atomic mass is 10.0. The number of pyridine rings is 1. The maximum atomic E-state index is 11.1. The minimum atomic E-state index is -0.177. The molecule has 1 rings (SSSR count). The molecule has 0 bridgehead atoms. The zero-order valence-corrected chi connectivity index (χ0v) is 7.86. The molecule has 0 aliphatic carbocycles. The van der Waals surface area contributed by atoms with Crippen LogP contribution < -0.4 is 0 Å². The van der Waals surface area contributed by atoms with E-state index in [1.807, 2.05) is 19.1 Å². The molecule has 0 saturated carbocycles. The predicted molar refractivity (Wildman–Crippen MR) is 49.1 cm³/mol. The molecule has 0 saturated heterocycles. The minimum Gasteiger partial charge on any atom is -0.469 e. The number of carbonyl (C=O) groups excluding carboxylic acids is 1. The van der Waals surface area contributed by atoms with Crippen LogP contribution in [0.1, 0.15) is 12.5 Å². The number of carbonyl (C=O) groups is 1. The van der Waals surface area contributed by atoms with Crippen LogP contribution in [0.25, 0.3) is 0 Å². The van der Waals surface area contributed by atoms with Gasteiger partial charge in [0.05, 0.1) is 13.0 Å². The first-order chi connectivity index (χ1) is 6.24. The number of hydrogen-bond acceptors (Lipinski definition) is 3. The van der Waals surface area contributed by atoms with Gasteiger partial charge in [-0.15, -0.1) is 0 Å². The fourth-order valence-corrected chi connectivity index (χ4v) is 1.16. The first-order valence-electron chi connectivity index (χ1n) is 4.20. The summed E-state index contributed by atoms with van der Waals surface area (Å²) in [6.45, 7) is 1.85. The molecule has 0 amide bonds. The number of hydrogen-bond donors (Lipinski definition) is 0. The van der Waals surface area contributed by atoms with Crippen LogP contribution in [0.4, 0.5) is 0 Å². The van der Waals surface area contributed by atoms with E-state index in [0.717, 1.165) is 5.56 Å². The zero-order chi connectivity index (χ0) is 9.68. The summed E-state index contributed by atoms with van der Waals surface area (Å²) in [7, 11) is 1.40. The van der Waals surface area contributed by atoms with Crippen LogP contribution in [0, 0.1) is 5.92 Å². The molecule has 1 atom stereocenters. The summed E-state index contributed by atoms with van der Waals surface area (Å²) in [6.07, 6.45) is 4.16. The van der Waals surface area contributed by atoms with Crippen molar-refractivity contribution in [3.05, 3.63) is 30.1 Å². The molecule has 0 N–H and O–H groups in total. The molecule has 3 heteroatoms. The maximum absolute atomic E-state index is 11.1. The first-order valence-corrected chi connectivity index (χ1v) is 4.20. The van der Waals surface area contributed by atoms with Gasteiger partial charge in [-0.05, 0) is 18.1 Å². The van der Waals surface area contributed by atoms with Crippen LogP contribution in [0.15, 0.2) is 24.5 Å². The Labute approximate surface area is 77.8 Å². The molecule has 1 heterocycles. The van der Waals surface area contributed by atoms with Gasteiger partial charge in [-0.25, -0.2) is 0 Å². The number of esters is 1. The van der Waals surface area contributed by atoms with E-state index in [1.54, 1.807) is 12.4 Å². The van der Waals surface area contributed by atoms with Crippen LogP contribution in [-0.2, 0) is 16.0 Å². The van der Waals surface area contributed by atoms with Crippen LogP contribution >= 0.6 is 0 Å². The summed E-state index contributed by atoms with van der Waals surface area (Å²) >= 11 is 0. The van der Waals surface area contributed by atoms with E-state index in [2.05, 4.69) is 9.72 Å². The van der Waals surface area contributed by atoms with E-state index >= 15 is 0 Å². The number of ether oxygens (including phenoxy) is 1. The lowest BCUT2D eigenvalue weighted by molar-refractivity contribution is -0.144. The van der Waals surface area contributed by atoms with E-state index in [-0.39, 0.29) is 11.9 Å². The highest BCUT2D eigenvalue weighted by Gasteiger charge is 2.13. The molecule has 0 aliphatic heterocycles. The highest BCUT2D eigenvalue weighted by Crippen LogP contribution is 2.07.